The van der Waals surface area contributed by atoms with Crippen molar-refractivity contribution in [1.29, 1.82) is 0 Å². The molecule has 3 heteroatoms. The van der Waals surface area contributed by atoms with Gasteiger partial charge in [-0.3, -0.25) is 0 Å². The monoisotopic (exact) mass is 370 g/mol. The van der Waals surface area contributed by atoms with Gasteiger partial charge in [0.15, 0.2) is 0 Å². The van der Waals surface area contributed by atoms with E-state index in [-0.39, 0.29) is 0 Å². The van der Waals surface area contributed by atoms with Crippen LogP contribution in [0.4, 0.5) is 0 Å². The summed E-state index contributed by atoms with van der Waals surface area (Å²) in [5.41, 5.74) is 3.22. The second kappa shape index (κ2) is 8.49. The van der Waals surface area contributed by atoms with Gasteiger partial charge in [-0.25, -0.2) is 0 Å². The molecule has 0 radical (unpaired) electrons. The van der Waals surface area contributed by atoms with Crippen molar-refractivity contribution < 1.29 is 10.1 Å². The highest BCUT2D eigenvalue weighted by molar-refractivity contribution is 8.00. The molecule has 0 aliphatic carbocycles. The zero-order valence-corrected chi connectivity index (χ0v) is 17.1. The molecule has 2 N–H and O–H groups in total. The summed E-state index contributed by atoms with van der Waals surface area (Å²) in [6.07, 6.45) is 3.81. The van der Waals surface area contributed by atoms with Gasteiger partial charge in [-0.2, -0.15) is 11.8 Å². The number of methoxy groups -OCH3 is 1. The number of thioether (sulfide) groups is 1. The third-order valence-electron chi connectivity index (χ3n) is 5.59. The fourth-order valence-corrected chi connectivity index (χ4v) is 5.71. The highest BCUT2D eigenvalue weighted by Crippen LogP contribution is 2.48. The van der Waals surface area contributed by atoms with Crippen molar-refractivity contribution in [2.24, 2.45) is 0 Å². The highest BCUT2D eigenvalue weighted by Gasteiger charge is 2.41. The SMILES string of the molecule is COc1ccc(C[NH2+]CC[C@]2(c3ccccc3)CCSC(C)(C)C2)cc1. The van der Waals surface area contributed by atoms with Gasteiger partial charge in [0.1, 0.15) is 12.3 Å². The first kappa shape index (κ1) is 19.3. The normalized spacial score (nSPS) is 22.1. The topological polar surface area (TPSA) is 25.8 Å². The van der Waals surface area contributed by atoms with Crippen molar-refractivity contribution in [3.8, 4) is 5.75 Å². The van der Waals surface area contributed by atoms with Gasteiger partial charge in [-0.15, -0.1) is 0 Å². The second-order valence-electron chi connectivity index (χ2n) is 8.06. The number of hydrogen-bond acceptors (Lipinski definition) is 2. The molecule has 0 aromatic heterocycles. The van der Waals surface area contributed by atoms with E-state index >= 15 is 0 Å². The molecule has 3 rings (SSSR count). The summed E-state index contributed by atoms with van der Waals surface area (Å²) in [5.74, 6) is 2.19. The highest BCUT2D eigenvalue weighted by atomic mass is 32.2. The molecule has 0 unspecified atom stereocenters. The number of ether oxygens (including phenoxy) is 1. The van der Waals surface area contributed by atoms with Crippen LogP contribution in [0, 0.1) is 0 Å². The first-order valence-electron chi connectivity index (χ1n) is 9.67. The zero-order valence-electron chi connectivity index (χ0n) is 16.3. The van der Waals surface area contributed by atoms with Crippen LogP contribution < -0.4 is 10.1 Å². The summed E-state index contributed by atoms with van der Waals surface area (Å²) in [4.78, 5) is 0. The molecule has 1 fully saturated rings. The Morgan fingerprint density at radius 2 is 1.77 bits per heavy atom. The number of benzene rings is 2. The second-order valence-corrected chi connectivity index (χ2v) is 9.86. The van der Waals surface area contributed by atoms with E-state index in [1.807, 2.05) is 0 Å². The molecule has 2 aromatic carbocycles. The Labute approximate surface area is 162 Å². The van der Waals surface area contributed by atoms with Gasteiger partial charge in [0.2, 0.25) is 0 Å². The maximum atomic E-state index is 5.24. The van der Waals surface area contributed by atoms with Crippen LogP contribution in [0.5, 0.6) is 5.75 Å². The summed E-state index contributed by atoms with van der Waals surface area (Å²) in [5, 5.41) is 2.46. The first-order chi connectivity index (χ1) is 12.5. The fourth-order valence-electron chi connectivity index (χ4n) is 4.28. The Morgan fingerprint density at radius 3 is 2.42 bits per heavy atom. The van der Waals surface area contributed by atoms with E-state index in [0.717, 1.165) is 12.3 Å². The average molecular weight is 371 g/mol. The summed E-state index contributed by atoms with van der Waals surface area (Å²) in [6, 6.07) is 19.7. The van der Waals surface area contributed by atoms with Crippen molar-refractivity contribution >= 4 is 11.8 Å². The smallest absolute Gasteiger partial charge is 0.118 e. The van der Waals surface area contributed by atoms with Gasteiger partial charge >= 0.3 is 0 Å². The van der Waals surface area contributed by atoms with Crippen molar-refractivity contribution in [2.75, 3.05) is 19.4 Å². The lowest BCUT2D eigenvalue weighted by Gasteiger charge is -2.45. The van der Waals surface area contributed by atoms with Gasteiger partial charge in [0.25, 0.3) is 0 Å². The van der Waals surface area contributed by atoms with Gasteiger partial charge in [-0.05, 0) is 48.4 Å². The Kier molecular flexibility index (Phi) is 6.31. The Hall–Kier alpha value is -1.45. The van der Waals surface area contributed by atoms with E-state index in [1.165, 1.54) is 42.7 Å². The lowest BCUT2D eigenvalue weighted by atomic mass is 9.69. The standard InChI is InChI=1S/C23H31NOS/c1-22(2)18-23(14-16-26-22,20-7-5-4-6-8-20)13-15-24-17-19-9-11-21(25-3)12-10-19/h4-12,24H,13-18H2,1-3H3/p+1/t23-/m0/s1. The number of quaternary nitrogens is 1. The third-order valence-corrected chi connectivity index (χ3v) is 6.92. The zero-order chi connectivity index (χ0) is 18.5. The minimum absolute atomic E-state index is 0.326. The van der Waals surface area contributed by atoms with E-state index in [1.54, 1.807) is 7.11 Å². The van der Waals surface area contributed by atoms with Crippen LogP contribution in [0.1, 0.15) is 44.2 Å². The first-order valence-corrected chi connectivity index (χ1v) is 10.7. The van der Waals surface area contributed by atoms with Crippen molar-refractivity contribution in [1.82, 2.24) is 0 Å². The Bertz CT molecular complexity index is 683. The predicted octanol–water partition coefficient (Wildman–Crippen LogP) is 4.39. The lowest BCUT2D eigenvalue weighted by molar-refractivity contribution is -0.671. The number of hydrogen-bond donors (Lipinski definition) is 1. The molecule has 0 saturated carbocycles. The molecule has 1 saturated heterocycles. The Balaban J connectivity index is 1.63. The van der Waals surface area contributed by atoms with Crippen LogP contribution in [0.15, 0.2) is 54.6 Å². The van der Waals surface area contributed by atoms with E-state index in [2.05, 4.69) is 85.5 Å². The van der Waals surface area contributed by atoms with Crippen molar-refractivity contribution in [3.05, 3.63) is 65.7 Å². The van der Waals surface area contributed by atoms with E-state index in [9.17, 15) is 0 Å². The largest absolute Gasteiger partial charge is 0.497 e. The molecule has 1 atom stereocenters. The molecule has 1 aliphatic heterocycles. The maximum Gasteiger partial charge on any atom is 0.118 e. The molecule has 1 heterocycles. The molecule has 26 heavy (non-hydrogen) atoms. The molecular weight excluding hydrogens is 338 g/mol. The fraction of sp³-hybridized carbons (Fsp3) is 0.478. The Morgan fingerprint density at radius 1 is 1.04 bits per heavy atom. The molecular formula is C23H32NOS+. The third kappa shape index (κ3) is 4.83. The predicted molar refractivity (Wildman–Crippen MR) is 112 cm³/mol. The van der Waals surface area contributed by atoms with Crippen LogP contribution in [0.3, 0.4) is 0 Å². The molecule has 140 valence electrons. The average Bonchev–Trinajstić information content (AvgIpc) is 2.66. The van der Waals surface area contributed by atoms with E-state index < -0.39 is 0 Å². The minimum atomic E-state index is 0.326. The molecule has 0 amide bonds. The van der Waals surface area contributed by atoms with Crippen LogP contribution >= 0.6 is 11.8 Å². The molecule has 2 aromatic rings. The van der Waals surface area contributed by atoms with Gasteiger partial charge in [0.05, 0.1) is 13.7 Å². The van der Waals surface area contributed by atoms with Crippen molar-refractivity contribution in [3.63, 3.8) is 0 Å². The van der Waals surface area contributed by atoms with E-state index in [4.69, 9.17) is 4.74 Å². The van der Waals surface area contributed by atoms with Crippen LogP contribution in [-0.2, 0) is 12.0 Å². The van der Waals surface area contributed by atoms with Crippen LogP contribution in [0.25, 0.3) is 0 Å². The maximum absolute atomic E-state index is 5.24. The lowest BCUT2D eigenvalue weighted by Crippen LogP contribution is -2.83. The van der Waals surface area contributed by atoms with Crippen molar-refractivity contribution in [2.45, 2.75) is 49.8 Å². The minimum Gasteiger partial charge on any atom is -0.497 e. The molecule has 0 bridgehead atoms. The summed E-state index contributed by atoms with van der Waals surface area (Å²) in [6.45, 7) is 7.03. The summed E-state index contributed by atoms with van der Waals surface area (Å²) >= 11 is 2.13. The van der Waals surface area contributed by atoms with Crippen LogP contribution in [-0.4, -0.2) is 24.2 Å². The summed E-state index contributed by atoms with van der Waals surface area (Å²) in [7, 11) is 1.72. The number of rotatable bonds is 7. The summed E-state index contributed by atoms with van der Waals surface area (Å²) < 4.78 is 5.61. The van der Waals surface area contributed by atoms with Gasteiger partial charge < -0.3 is 10.1 Å². The van der Waals surface area contributed by atoms with Gasteiger partial charge in [-0.1, -0.05) is 44.2 Å². The van der Waals surface area contributed by atoms with Crippen LogP contribution in [0.2, 0.25) is 0 Å². The van der Waals surface area contributed by atoms with Gasteiger partial charge in [0, 0.05) is 22.1 Å². The molecule has 0 spiro atoms. The molecule has 2 nitrogen and oxygen atoms in total. The number of nitrogens with two attached hydrogens (primary N) is 1. The van der Waals surface area contributed by atoms with E-state index in [0.29, 0.717) is 10.2 Å². The molecule has 1 aliphatic rings. The quantitative estimate of drug-likeness (QED) is 0.731.